The standard InChI is InChI=1S/C62H43N3/c1-4-19-44(20-5-1)53-28-12-14-33-59(53)65(50-41-42-57-56-29-13-15-34-60(56)64(62(57)43-50)48-25-8-3-9-26-48)61-36-18-31-54-51(30-17-32-55(54)61)46-37-39-49(40-38-46)63(47-23-6-2-7-24-47)58-35-16-22-45-21-10-11-27-52(45)58/h1-43H/i37D,38D,39D,40D. The number of fused-ring (bicyclic) bond motifs is 5. The monoisotopic (exact) mass is 833 g/mol. The first kappa shape index (κ1) is 33.9. The lowest BCUT2D eigenvalue weighted by molar-refractivity contribution is 1.18. The number of nitrogens with zero attached hydrogens (tertiary/aromatic N) is 3. The molecule has 1 heterocycles. The van der Waals surface area contributed by atoms with Gasteiger partial charge in [0, 0.05) is 49.9 Å². The quantitative estimate of drug-likeness (QED) is 0.144. The smallest absolute Gasteiger partial charge is 0.0645 e. The highest BCUT2D eigenvalue weighted by molar-refractivity contribution is 6.12. The van der Waals surface area contributed by atoms with Crippen molar-refractivity contribution in [3.05, 3.63) is 261 Å². The van der Waals surface area contributed by atoms with Crippen molar-refractivity contribution in [2.45, 2.75) is 0 Å². The first-order valence-electron chi connectivity index (χ1n) is 23.9. The van der Waals surface area contributed by atoms with Gasteiger partial charge in [-0.25, -0.2) is 0 Å². The van der Waals surface area contributed by atoms with Gasteiger partial charge in [-0.2, -0.15) is 0 Å². The molecule has 0 unspecified atom stereocenters. The van der Waals surface area contributed by atoms with Gasteiger partial charge in [-0.1, -0.05) is 188 Å². The van der Waals surface area contributed by atoms with E-state index < -0.39 is 0 Å². The number of anilines is 6. The molecule has 12 rings (SSSR count). The molecule has 3 heteroatoms. The van der Waals surface area contributed by atoms with E-state index in [2.05, 4.69) is 137 Å². The maximum Gasteiger partial charge on any atom is 0.0645 e. The largest absolute Gasteiger partial charge is 0.310 e. The van der Waals surface area contributed by atoms with Crippen LogP contribution < -0.4 is 9.80 Å². The molecule has 11 aromatic carbocycles. The number of para-hydroxylation sites is 4. The Hall–Kier alpha value is -8.66. The van der Waals surface area contributed by atoms with E-state index in [1.807, 2.05) is 114 Å². The Morgan fingerprint density at radius 1 is 0.308 bits per heavy atom. The summed E-state index contributed by atoms with van der Waals surface area (Å²) in [5.74, 6) is 0. The molecule has 0 bridgehead atoms. The summed E-state index contributed by atoms with van der Waals surface area (Å²) in [7, 11) is 0. The van der Waals surface area contributed by atoms with Gasteiger partial charge in [-0.3, -0.25) is 0 Å². The summed E-state index contributed by atoms with van der Waals surface area (Å²) >= 11 is 0. The molecular weight excluding hydrogens is 787 g/mol. The summed E-state index contributed by atoms with van der Waals surface area (Å²) in [6, 6.07) is 80.0. The van der Waals surface area contributed by atoms with Crippen LogP contribution in [0.2, 0.25) is 0 Å². The third-order valence-corrected chi connectivity index (χ3v) is 12.4. The zero-order valence-electron chi connectivity index (χ0n) is 39.4. The van der Waals surface area contributed by atoms with E-state index in [1.165, 1.54) is 5.39 Å². The van der Waals surface area contributed by atoms with E-state index in [0.717, 1.165) is 83.2 Å². The van der Waals surface area contributed by atoms with E-state index >= 15 is 0 Å². The molecule has 306 valence electrons. The Labute approximate surface area is 384 Å². The second-order valence-corrected chi connectivity index (χ2v) is 16.2. The fourth-order valence-electron chi connectivity index (χ4n) is 9.52. The SMILES string of the molecule is [2H]c1c([2H])c(N(c2ccccc2)c2cccc3ccccc23)c([2H])c([2H])c1-c1cccc2c(N(c3ccc4c5ccccc5n(-c5ccccc5)c4c3)c3ccccc3-c3ccccc3)cccc12. The third-order valence-electron chi connectivity index (χ3n) is 12.4. The molecule has 0 aliphatic heterocycles. The zero-order chi connectivity index (χ0) is 46.6. The molecule has 65 heavy (non-hydrogen) atoms. The first-order chi connectivity index (χ1) is 34.0. The number of hydrogen-bond acceptors (Lipinski definition) is 2. The second-order valence-electron chi connectivity index (χ2n) is 16.2. The topological polar surface area (TPSA) is 11.4 Å². The maximum absolute atomic E-state index is 9.78. The highest BCUT2D eigenvalue weighted by Gasteiger charge is 2.22. The fraction of sp³-hybridized carbons (Fsp3) is 0. The van der Waals surface area contributed by atoms with Crippen molar-refractivity contribution in [2.24, 2.45) is 0 Å². The van der Waals surface area contributed by atoms with Crippen molar-refractivity contribution in [3.8, 4) is 27.9 Å². The molecule has 0 saturated carbocycles. The molecule has 0 amide bonds. The van der Waals surface area contributed by atoms with Crippen LogP contribution in [0, 0.1) is 0 Å². The van der Waals surface area contributed by atoms with Crippen LogP contribution in [0.1, 0.15) is 5.48 Å². The molecule has 0 N–H and O–H groups in total. The summed E-state index contributed by atoms with van der Waals surface area (Å²) in [5.41, 5.74) is 10.8. The molecule has 3 nitrogen and oxygen atoms in total. The molecule has 0 fully saturated rings. The summed E-state index contributed by atoms with van der Waals surface area (Å²) < 4.78 is 41.4. The van der Waals surface area contributed by atoms with Gasteiger partial charge in [-0.15, -0.1) is 0 Å². The predicted molar refractivity (Wildman–Crippen MR) is 276 cm³/mol. The van der Waals surface area contributed by atoms with Crippen LogP contribution in [0.5, 0.6) is 0 Å². The van der Waals surface area contributed by atoms with E-state index in [4.69, 9.17) is 0 Å². The summed E-state index contributed by atoms with van der Waals surface area (Å²) in [5, 5.41) is 5.96. The number of rotatable bonds is 9. The van der Waals surface area contributed by atoms with Crippen molar-refractivity contribution in [3.63, 3.8) is 0 Å². The van der Waals surface area contributed by atoms with Crippen molar-refractivity contribution >= 4 is 77.5 Å². The van der Waals surface area contributed by atoms with E-state index in [9.17, 15) is 5.48 Å². The molecular formula is C62H43N3. The molecule has 0 atom stereocenters. The second kappa shape index (κ2) is 16.2. The summed E-state index contributed by atoms with van der Waals surface area (Å²) in [6.45, 7) is 0. The molecule has 0 radical (unpaired) electrons. The van der Waals surface area contributed by atoms with Gasteiger partial charge in [0.05, 0.1) is 33.6 Å². The minimum Gasteiger partial charge on any atom is -0.310 e. The minimum atomic E-state index is -0.128. The average Bonchev–Trinajstić information content (AvgIpc) is 3.74. The zero-order valence-corrected chi connectivity index (χ0v) is 35.4. The normalized spacial score (nSPS) is 12.2. The predicted octanol–water partition coefficient (Wildman–Crippen LogP) is 17.4. The van der Waals surface area contributed by atoms with Gasteiger partial charge in [0.2, 0.25) is 0 Å². The van der Waals surface area contributed by atoms with Crippen LogP contribution in [0.3, 0.4) is 0 Å². The van der Waals surface area contributed by atoms with Gasteiger partial charge >= 0.3 is 0 Å². The lowest BCUT2D eigenvalue weighted by Crippen LogP contribution is -2.12. The highest BCUT2D eigenvalue weighted by Crippen LogP contribution is 2.47. The lowest BCUT2D eigenvalue weighted by Gasteiger charge is -2.29. The highest BCUT2D eigenvalue weighted by atomic mass is 15.2. The first-order valence-corrected chi connectivity index (χ1v) is 21.9. The number of aromatic nitrogens is 1. The Kier molecular flexibility index (Phi) is 8.47. The molecule has 0 saturated heterocycles. The Morgan fingerprint density at radius 3 is 1.68 bits per heavy atom. The van der Waals surface area contributed by atoms with Crippen molar-refractivity contribution < 1.29 is 5.48 Å². The number of benzene rings is 11. The van der Waals surface area contributed by atoms with Gasteiger partial charge < -0.3 is 14.4 Å². The molecule has 0 aliphatic carbocycles. The van der Waals surface area contributed by atoms with Crippen molar-refractivity contribution in [1.82, 2.24) is 4.57 Å². The Morgan fingerprint density at radius 2 is 0.862 bits per heavy atom. The van der Waals surface area contributed by atoms with Crippen LogP contribution in [0.15, 0.2) is 261 Å². The van der Waals surface area contributed by atoms with Crippen molar-refractivity contribution in [2.75, 3.05) is 9.80 Å². The lowest BCUT2D eigenvalue weighted by atomic mass is 9.95. The van der Waals surface area contributed by atoms with Crippen LogP contribution in [0.25, 0.3) is 71.3 Å². The third kappa shape index (κ3) is 6.70. The van der Waals surface area contributed by atoms with Crippen LogP contribution >= 0.6 is 0 Å². The Bertz CT molecular complexity index is 3870. The van der Waals surface area contributed by atoms with Crippen LogP contribution in [-0.2, 0) is 0 Å². The molecule has 0 spiro atoms. The van der Waals surface area contributed by atoms with E-state index in [-0.39, 0.29) is 35.4 Å². The van der Waals surface area contributed by atoms with Gasteiger partial charge in [0.25, 0.3) is 0 Å². The maximum atomic E-state index is 9.78. The average molecular weight is 834 g/mol. The van der Waals surface area contributed by atoms with Gasteiger partial charge in [-0.05, 0) is 100 Å². The van der Waals surface area contributed by atoms with Crippen LogP contribution in [-0.4, -0.2) is 4.57 Å². The number of hydrogen-bond donors (Lipinski definition) is 0. The van der Waals surface area contributed by atoms with Crippen molar-refractivity contribution in [1.29, 1.82) is 0 Å². The van der Waals surface area contributed by atoms with E-state index in [1.54, 1.807) is 0 Å². The van der Waals surface area contributed by atoms with E-state index in [0.29, 0.717) is 5.56 Å². The van der Waals surface area contributed by atoms with Gasteiger partial charge in [0.15, 0.2) is 0 Å². The molecule has 0 aliphatic rings. The Balaban J connectivity index is 1.09. The fourth-order valence-corrected chi connectivity index (χ4v) is 9.52. The summed E-state index contributed by atoms with van der Waals surface area (Å²) in [4.78, 5) is 4.19. The molecule has 12 aromatic rings. The summed E-state index contributed by atoms with van der Waals surface area (Å²) in [6.07, 6.45) is 0. The van der Waals surface area contributed by atoms with Crippen LogP contribution in [0.4, 0.5) is 34.1 Å². The van der Waals surface area contributed by atoms with Gasteiger partial charge in [0.1, 0.15) is 0 Å². The minimum absolute atomic E-state index is 0.115. The molecule has 1 aromatic heterocycles.